The maximum Gasteiger partial charge on any atom is 0.230 e. The molecule has 0 bridgehead atoms. The fourth-order valence-corrected chi connectivity index (χ4v) is 1.61. The molecular formula is C8H10BrN5O. The topological polar surface area (TPSA) is 89.7 Å². The van der Waals surface area contributed by atoms with E-state index in [1.165, 1.54) is 0 Å². The van der Waals surface area contributed by atoms with Crippen molar-refractivity contribution < 1.29 is 4.74 Å². The van der Waals surface area contributed by atoms with Crippen molar-refractivity contribution in [3.63, 3.8) is 0 Å². The van der Waals surface area contributed by atoms with E-state index >= 15 is 0 Å². The number of fused-ring (bicyclic) bond motifs is 1. The Morgan fingerprint density at radius 3 is 3.00 bits per heavy atom. The quantitative estimate of drug-likeness (QED) is 0.883. The van der Waals surface area contributed by atoms with Crippen LogP contribution in [0.3, 0.4) is 0 Å². The molecule has 7 heteroatoms. The molecule has 0 aromatic carbocycles. The van der Waals surface area contributed by atoms with E-state index in [1.807, 2.05) is 6.92 Å². The Morgan fingerprint density at radius 2 is 2.27 bits per heavy atom. The summed E-state index contributed by atoms with van der Waals surface area (Å²) in [6.45, 7) is 2.61. The van der Waals surface area contributed by atoms with Crippen LogP contribution in [0.5, 0.6) is 5.88 Å². The van der Waals surface area contributed by atoms with Crippen LogP contribution < -0.4 is 10.5 Å². The first-order valence-corrected chi connectivity index (χ1v) is 5.31. The number of nitrogen functional groups attached to an aromatic ring is 1. The first-order valence-electron chi connectivity index (χ1n) is 4.52. The second kappa shape index (κ2) is 4.01. The molecule has 0 aliphatic rings. The van der Waals surface area contributed by atoms with Crippen LogP contribution in [-0.2, 0) is 0 Å². The molecule has 0 aliphatic heterocycles. The number of nitrogens with zero attached hydrogens (tertiary/aromatic N) is 3. The van der Waals surface area contributed by atoms with Gasteiger partial charge in [-0.15, -0.1) is 0 Å². The second-order valence-electron chi connectivity index (χ2n) is 2.97. The van der Waals surface area contributed by atoms with Crippen molar-refractivity contribution in [3.8, 4) is 5.88 Å². The monoisotopic (exact) mass is 271 g/mol. The van der Waals surface area contributed by atoms with Crippen molar-refractivity contribution in [3.05, 3.63) is 4.60 Å². The summed E-state index contributed by atoms with van der Waals surface area (Å²) in [5, 5.41) is 7.43. The Hall–Kier alpha value is -1.37. The molecular weight excluding hydrogens is 262 g/mol. The number of H-pyrrole nitrogens is 1. The maximum atomic E-state index is 5.53. The third-order valence-electron chi connectivity index (χ3n) is 1.80. The van der Waals surface area contributed by atoms with Gasteiger partial charge in [-0.25, -0.2) is 0 Å². The lowest BCUT2D eigenvalue weighted by Gasteiger charge is -2.04. The van der Waals surface area contributed by atoms with Crippen molar-refractivity contribution in [1.29, 1.82) is 0 Å². The van der Waals surface area contributed by atoms with Crippen molar-refractivity contribution in [2.24, 2.45) is 0 Å². The largest absolute Gasteiger partial charge is 0.477 e. The molecule has 2 rings (SSSR count). The fourth-order valence-electron chi connectivity index (χ4n) is 1.18. The van der Waals surface area contributed by atoms with Crippen LogP contribution >= 0.6 is 15.9 Å². The lowest BCUT2D eigenvalue weighted by Crippen LogP contribution is -2.02. The average molecular weight is 272 g/mol. The highest BCUT2D eigenvalue weighted by atomic mass is 79.9. The average Bonchev–Trinajstić information content (AvgIpc) is 2.56. The van der Waals surface area contributed by atoms with Crippen LogP contribution in [0.2, 0.25) is 0 Å². The van der Waals surface area contributed by atoms with E-state index in [0.29, 0.717) is 22.7 Å². The van der Waals surface area contributed by atoms with E-state index in [-0.39, 0.29) is 5.95 Å². The Balaban J connectivity index is 2.53. The molecule has 2 heterocycles. The molecule has 6 nitrogen and oxygen atoms in total. The minimum Gasteiger partial charge on any atom is -0.477 e. The van der Waals surface area contributed by atoms with Gasteiger partial charge in [0.25, 0.3) is 0 Å². The van der Waals surface area contributed by atoms with Crippen molar-refractivity contribution in [2.75, 3.05) is 12.3 Å². The van der Waals surface area contributed by atoms with E-state index in [9.17, 15) is 0 Å². The molecule has 0 spiro atoms. The molecule has 2 aromatic rings. The number of anilines is 1. The lowest BCUT2D eigenvalue weighted by molar-refractivity contribution is 0.309. The van der Waals surface area contributed by atoms with Gasteiger partial charge in [-0.3, -0.25) is 5.10 Å². The Kier molecular flexibility index (Phi) is 2.72. The van der Waals surface area contributed by atoms with Crippen molar-refractivity contribution in [2.45, 2.75) is 13.3 Å². The predicted octanol–water partition coefficient (Wildman–Crippen LogP) is 1.49. The molecule has 2 aromatic heterocycles. The van der Waals surface area contributed by atoms with Crippen LogP contribution in [-0.4, -0.2) is 26.8 Å². The van der Waals surface area contributed by atoms with Gasteiger partial charge in [0.05, 0.1) is 6.61 Å². The number of aromatic amines is 1. The number of ether oxygens (including phenoxy) is 1. The molecule has 15 heavy (non-hydrogen) atoms. The van der Waals surface area contributed by atoms with E-state index in [4.69, 9.17) is 10.5 Å². The number of aromatic nitrogens is 4. The normalized spacial score (nSPS) is 10.8. The van der Waals surface area contributed by atoms with E-state index in [0.717, 1.165) is 11.8 Å². The van der Waals surface area contributed by atoms with E-state index in [1.54, 1.807) is 0 Å². The maximum absolute atomic E-state index is 5.53. The first kappa shape index (κ1) is 10.2. The second-order valence-corrected chi connectivity index (χ2v) is 3.76. The summed E-state index contributed by atoms with van der Waals surface area (Å²) in [5.41, 5.74) is 6.03. The number of hydrogen-bond donors (Lipinski definition) is 2. The Morgan fingerprint density at radius 1 is 1.47 bits per heavy atom. The zero-order chi connectivity index (χ0) is 10.8. The zero-order valence-corrected chi connectivity index (χ0v) is 9.71. The third kappa shape index (κ3) is 1.87. The highest BCUT2D eigenvalue weighted by molar-refractivity contribution is 9.10. The van der Waals surface area contributed by atoms with E-state index in [2.05, 4.69) is 36.1 Å². The number of rotatable bonds is 3. The van der Waals surface area contributed by atoms with Gasteiger partial charge < -0.3 is 10.5 Å². The van der Waals surface area contributed by atoms with Gasteiger partial charge in [0.2, 0.25) is 11.8 Å². The molecule has 0 radical (unpaired) electrons. The van der Waals surface area contributed by atoms with E-state index < -0.39 is 0 Å². The minimum atomic E-state index is 0.160. The first-order chi connectivity index (χ1) is 7.22. The molecule has 0 unspecified atom stereocenters. The lowest BCUT2D eigenvalue weighted by atomic mass is 10.4. The highest BCUT2D eigenvalue weighted by Crippen LogP contribution is 2.28. The van der Waals surface area contributed by atoms with Crippen LogP contribution in [0.15, 0.2) is 4.60 Å². The standard InChI is InChI=1S/C8H10BrN5O/c1-2-3-15-7-4-5(9)13-14-6(4)11-8(10)12-7/h2-3H2,1H3,(H3,10,11,12,13,14). The summed E-state index contributed by atoms with van der Waals surface area (Å²) in [6.07, 6.45) is 0.904. The molecule has 0 aliphatic carbocycles. The van der Waals surface area contributed by atoms with Crippen molar-refractivity contribution in [1.82, 2.24) is 20.2 Å². The van der Waals surface area contributed by atoms with Crippen LogP contribution in [0.25, 0.3) is 11.0 Å². The summed E-state index contributed by atoms with van der Waals surface area (Å²) < 4.78 is 6.17. The van der Waals surface area contributed by atoms with Crippen LogP contribution in [0, 0.1) is 0 Å². The summed E-state index contributed by atoms with van der Waals surface area (Å²) >= 11 is 3.32. The van der Waals surface area contributed by atoms with Gasteiger partial charge in [-0.05, 0) is 22.4 Å². The van der Waals surface area contributed by atoms with Crippen molar-refractivity contribution >= 4 is 32.9 Å². The van der Waals surface area contributed by atoms with Gasteiger partial charge in [0.15, 0.2) is 5.65 Å². The Labute approximate surface area is 94.4 Å². The molecule has 0 saturated carbocycles. The SMILES string of the molecule is CCCOc1nc(N)nc2n[nH]c(Br)c12. The number of nitrogens with two attached hydrogens (primary N) is 1. The van der Waals surface area contributed by atoms with Gasteiger partial charge in [-0.2, -0.15) is 15.1 Å². The number of nitrogens with one attached hydrogen (secondary N) is 1. The highest BCUT2D eigenvalue weighted by Gasteiger charge is 2.13. The minimum absolute atomic E-state index is 0.160. The van der Waals surface area contributed by atoms with Gasteiger partial charge in [0.1, 0.15) is 9.99 Å². The van der Waals surface area contributed by atoms with Crippen LogP contribution in [0.4, 0.5) is 5.95 Å². The fraction of sp³-hybridized carbons (Fsp3) is 0.375. The molecule has 0 amide bonds. The third-order valence-corrected chi connectivity index (χ3v) is 2.37. The summed E-state index contributed by atoms with van der Waals surface area (Å²) in [7, 11) is 0. The molecule has 0 fully saturated rings. The molecule has 0 saturated heterocycles. The van der Waals surface area contributed by atoms with Gasteiger partial charge in [-0.1, -0.05) is 6.92 Å². The number of halogens is 1. The summed E-state index contributed by atoms with van der Waals surface area (Å²) in [6, 6.07) is 0. The summed E-state index contributed by atoms with van der Waals surface area (Å²) in [4.78, 5) is 8.01. The predicted molar refractivity (Wildman–Crippen MR) is 59.6 cm³/mol. The smallest absolute Gasteiger partial charge is 0.230 e. The molecule has 3 N–H and O–H groups in total. The zero-order valence-electron chi connectivity index (χ0n) is 8.12. The van der Waals surface area contributed by atoms with Crippen LogP contribution in [0.1, 0.15) is 13.3 Å². The summed E-state index contributed by atoms with van der Waals surface area (Å²) in [5.74, 6) is 0.618. The Bertz CT molecular complexity index is 483. The van der Waals surface area contributed by atoms with Gasteiger partial charge in [0, 0.05) is 0 Å². The van der Waals surface area contributed by atoms with Gasteiger partial charge >= 0.3 is 0 Å². The molecule has 80 valence electrons. The number of hydrogen-bond acceptors (Lipinski definition) is 5. The molecule has 0 atom stereocenters.